The number of aromatic nitrogens is 1. The number of hydrogen-bond acceptors (Lipinski definition) is 3. The third-order valence-corrected chi connectivity index (χ3v) is 2.49. The van der Waals surface area contributed by atoms with Crippen LogP contribution in [0.15, 0.2) is 36.5 Å². The van der Waals surface area contributed by atoms with E-state index in [2.05, 4.69) is 4.98 Å². The lowest BCUT2D eigenvalue weighted by atomic mass is 10.2. The highest BCUT2D eigenvalue weighted by molar-refractivity contribution is 6.30. The van der Waals surface area contributed by atoms with Gasteiger partial charge in [-0.2, -0.15) is 13.2 Å². The minimum absolute atomic E-state index is 0.0247. The van der Waals surface area contributed by atoms with Crippen LogP contribution in [0.4, 0.5) is 18.9 Å². The number of halogens is 4. The highest BCUT2D eigenvalue weighted by Crippen LogP contribution is 2.38. The molecule has 0 amide bonds. The third-order valence-electron chi connectivity index (χ3n) is 2.26. The summed E-state index contributed by atoms with van der Waals surface area (Å²) in [6, 6.07) is 6.33. The maximum atomic E-state index is 12.8. The molecule has 0 unspecified atom stereocenters. The zero-order valence-corrected chi connectivity index (χ0v) is 10.2. The number of nitrogens with two attached hydrogens (primary N) is 1. The van der Waals surface area contributed by atoms with E-state index in [1.165, 1.54) is 30.5 Å². The maximum Gasteiger partial charge on any atom is 0.421 e. The Labute approximate surface area is 111 Å². The van der Waals surface area contributed by atoms with Gasteiger partial charge in [0.25, 0.3) is 0 Å². The Morgan fingerprint density at radius 1 is 1.21 bits per heavy atom. The molecule has 100 valence electrons. The van der Waals surface area contributed by atoms with E-state index in [4.69, 9.17) is 22.1 Å². The highest BCUT2D eigenvalue weighted by Gasteiger charge is 2.35. The van der Waals surface area contributed by atoms with Crippen molar-refractivity contribution in [1.29, 1.82) is 0 Å². The van der Waals surface area contributed by atoms with E-state index in [0.29, 0.717) is 5.02 Å². The molecule has 1 aromatic carbocycles. The molecule has 0 aliphatic heterocycles. The number of anilines is 1. The van der Waals surface area contributed by atoms with Crippen molar-refractivity contribution in [1.82, 2.24) is 4.98 Å². The molecule has 0 bridgehead atoms. The summed E-state index contributed by atoms with van der Waals surface area (Å²) in [7, 11) is 0. The number of nitrogen functional groups attached to an aromatic ring is 1. The minimum atomic E-state index is -4.56. The van der Waals surface area contributed by atoms with Crippen LogP contribution in [-0.4, -0.2) is 4.98 Å². The molecule has 0 saturated heterocycles. The van der Waals surface area contributed by atoms with Crippen molar-refractivity contribution in [2.75, 3.05) is 5.73 Å². The van der Waals surface area contributed by atoms with Crippen molar-refractivity contribution in [2.24, 2.45) is 0 Å². The van der Waals surface area contributed by atoms with Crippen LogP contribution >= 0.6 is 11.6 Å². The fourth-order valence-corrected chi connectivity index (χ4v) is 1.55. The average molecular weight is 289 g/mol. The second-order valence-corrected chi connectivity index (χ2v) is 4.07. The molecule has 2 aromatic rings. The Bertz CT molecular complexity index is 602. The van der Waals surface area contributed by atoms with Gasteiger partial charge in [-0.3, -0.25) is 0 Å². The summed E-state index contributed by atoms with van der Waals surface area (Å²) in [6.45, 7) is 0. The molecular formula is C12H8ClF3N2O. The SMILES string of the molecule is Nc1ccc(Cl)cc1Oc1ncccc1C(F)(F)F. The average Bonchev–Trinajstić information content (AvgIpc) is 2.33. The molecular weight excluding hydrogens is 281 g/mol. The number of alkyl halides is 3. The Hall–Kier alpha value is -1.95. The lowest BCUT2D eigenvalue weighted by molar-refractivity contribution is -0.138. The zero-order chi connectivity index (χ0) is 14.0. The molecule has 2 rings (SSSR count). The van der Waals surface area contributed by atoms with Crippen molar-refractivity contribution in [3.05, 3.63) is 47.1 Å². The van der Waals surface area contributed by atoms with Crippen molar-refractivity contribution in [3.63, 3.8) is 0 Å². The lowest BCUT2D eigenvalue weighted by Gasteiger charge is -2.13. The summed E-state index contributed by atoms with van der Waals surface area (Å²) in [5, 5.41) is 0.300. The largest absolute Gasteiger partial charge is 0.436 e. The number of rotatable bonds is 2. The Balaban J connectivity index is 2.41. The van der Waals surface area contributed by atoms with Gasteiger partial charge in [-0.15, -0.1) is 0 Å². The molecule has 0 aliphatic carbocycles. The molecule has 2 N–H and O–H groups in total. The van der Waals surface area contributed by atoms with E-state index in [0.717, 1.165) is 6.07 Å². The smallest absolute Gasteiger partial charge is 0.421 e. The lowest BCUT2D eigenvalue weighted by Crippen LogP contribution is -2.08. The van der Waals surface area contributed by atoms with E-state index >= 15 is 0 Å². The summed E-state index contributed by atoms with van der Waals surface area (Å²) >= 11 is 5.73. The van der Waals surface area contributed by atoms with E-state index in [9.17, 15) is 13.2 Å². The molecule has 7 heteroatoms. The number of nitrogens with zero attached hydrogens (tertiary/aromatic N) is 1. The van der Waals surface area contributed by atoms with Gasteiger partial charge in [0.05, 0.1) is 5.69 Å². The van der Waals surface area contributed by atoms with E-state index in [1.807, 2.05) is 0 Å². The predicted molar refractivity (Wildman–Crippen MR) is 65.2 cm³/mol. The molecule has 0 spiro atoms. The van der Waals surface area contributed by atoms with Gasteiger partial charge in [0.15, 0.2) is 5.75 Å². The summed E-state index contributed by atoms with van der Waals surface area (Å²) in [5.74, 6) is -0.541. The van der Waals surface area contributed by atoms with E-state index in [1.54, 1.807) is 0 Å². The Morgan fingerprint density at radius 2 is 1.95 bits per heavy atom. The van der Waals surface area contributed by atoms with E-state index in [-0.39, 0.29) is 11.4 Å². The second kappa shape index (κ2) is 4.97. The van der Waals surface area contributed by atoms with Crippen LogP contribution in [0, 0.1) is 0 Å². The molecule has 0 saturated carbocycles. The van der Waals surface area contributed by atoms with Gasteiger partial charge in [-0.25, -0.2) is 4.98 Å². The molecule has 0 fully saturated rings. The van der Waals surface area contributed by atoms with Crippen molar-refractivity contribution in [2.45, 2.75) is 6.18 Å². The quantitative estimate of drug-likeness (QED) is 0.845. The summed E-state index contributed by atoms with van der Waals surface area (Å²) < 4.78 is 43.4. The summed E-state index contributed by atoms with van der Waals surface area (Å²) in [5.41, 5.74) is 4.80. The van der Waals surface area contributed by atoms with Crippen LogP contribution in [0.25, 0.3) is 0 Å². The first-order chi connectivity index (χ1) is 8.88. The van der Waals surface area contributed by atoms with Gasteiger partial charge in [0.2, 0.25) is 5.88 Å². The Morgan fingerprint density at radius 3 is 2.63 bits per heavy atom. The zero-order valence-electron chi connectivity index (χ0n) is 9.41. The van der Waals surface area contributed by atoms with Crippen molar-refractivity contribution in [3.8, 4) is 11.6 Å². The first kappa shape index (κ1) is 13.5. The third kappa shape index (κ3) is 3.08. The first-order valence-corrected chi connectivity index (χ1v) is 5.51. The molecule has 3 nitrogen and oxygen atoms in total. The standard InChI is InChI=1S/C12H8ClF3N2O/c13-7-3-4-9(17)10(6-7)19-11-8(12(14,15)16)2-1-5-18-11/h1-6H,17H2. The topological polar surface area (TPSA) is 48.1 Å². The van der Waals surface area contributed by atoms with Gasteiger partial charge in [0, 0.05) is 17.3 Å². The Kier molecular flexibility index (Phi) is 3.53. The van der Waals surface area contributed by atoms with Gasteiger partial charge in [-0.05, 0) is 24.3 Å². The molecule has 0 aliphatic rings. The van der Waals surface area contributed by atoms with Gasteiger partial charge in [0.1, 0.15) is 5.56 Å². The maximum absolute atomic E-state index is 12.8. The second-order valence-electron chi connectivity index (χ2n) is 3.64. The molecule has 0 radical (unpaired) electrons. The predicted octanol–water partition coefficient (Wildman–Crippen LogP) is 4.13. The van der Waals surface area contributed by atoms with E-state index < -0.39 is 17.6 Å². The fraction of sp³-hybridized carbons (Fsp3) is 0.0833. The van der Waals surface area contributed by atoms with Crippen molar-refractivity contribution < 1.29 is 17.9 Å². The van der Waals surface area contributed by atoms with Crippen LogP contribution < -0.4 is 10.5 Å². The van der Waals surface area contributed by atoms with Gasteiger partial charge >= 0.3 is 6.18 Å². The summed E-state index contributed by atoms with van der Waals surface area (Å²) in [6.07, 6.45) is -3.36. The molecule has 1 heterocycles. The van der Waals surface area contributed by atoms with Crippen LogP contribution in [-0.2, 0) is 6.18 Å². The molecule has 19 heavy (non-hydrogen) atoms. The monoisotopic (exact) mass is 288 g/mol. The number of ether oxygens (including phenoxy) is 1. The normalized spacial score (nSPS) is 11.4. The van der Waals surface area contributed by atoms with Crippen molar-refractivity contribution >= 4 is 17.3 Å². The number of pyridine rings is 1. The molecule has 0 atom stereocenters. The van der Waals surface area contributed by atoms with Crippen LogP contribution in [0.3, 0.4) is 0 Å². The van der Waals surface area contributed by atoms with Crippen LogP contribution in [0.5, 0.6) is 11.6 Å². The highest BCUT2D eigenvalue weighted by atomic mass is 35.5. The van der Waals surface area contributed by atoms with Gasteiger partial charge in [-0.1, -0.05) is 11.6 Å². The summed E-state index contributed by atoms with van der Waals surface area (Å²) in [4.78, 5) is 3.57. The minimum Gasteiger partial charge on any atom is -0.436 e. The number of hydrogen-bond donors (Lipinski definition) is 1. The van der Waals surface area contributed by atoms with Crippen LogP contribution in [0.1, 0.15) is 5.56 Å². The first-order valence-electron chi connectivity index (χ1n) is 5.13. The van der Waals surface area contributed by atoms with Crippen LogP contribution in [0.2, 0.25) is 5.02 Å². The molecule has 1 aromatic heterocycles. The van der Waals surface area contributed by atoms with Gasteiger partial charge < -0.3 is 10.5 Å². The number of benzene rings is 1. The fourth-order valence-electron chi connectivity index (χ4n) is 1.39.